The van der Waals surface area contributed by atoms with Gasteiger partial charge < -0.3 is 5.32 Å². The van der Waals surface area contributed by atoms with Crippen molar-refractivity contribution in [1.82, 2.24) is 19.3 Å². The molecule has 3 aromatic heterocycles. The highest BCUT2D eigenvalue weighted by Gasteiger charge is 2.26. The Morgan fingerprint density at radius 1 is 1.37 bits per heavy atom. The van der Waals surface area contributed by atoms with Crippen LogP contribution in [0, 0.1) is 12.8 Å². The average molecular weight is 383 g/mol. The van der Waals surface area contributed by atoms with Crippen molar-refractivity contribution in [3.8, 4) is 0 Å². The fourth-order valence-electron chi connectivity index (χ4n) is 3.45. The second kappa shape index (κ2) is 7.58. The third-order valence-corrected chi connectivity index (χ3v) is 5.51. The molecule has 27 heavy (non-hydrogen) atoms. The van der Waals surface area contributed by atoms with E-state index in [0.717, 1.165) is 30.8 Å². The standard InChI is InChI=1S/C19H21N5O2S/c1-13-4-2-6-16(20-13)22-18(26)14-5-3-7-23(11-14)12-15-10-17(25)24-8-9-27-19(24)21-15/h2,4,6,8-10,14H,3,5,7,11-12H2,1H3,(H,20,22,26)/t14-/m1/s1. The molecule has 0 unspecified atom stereocenters. The molecule has 1 aliphatic heterocycles. The first-order chi connectivity index (χ1) is 13.1. The predicted octanol–water partition coefficient (Wildman–Crippen LogP) is 2.31. The molecule has 0 aromatic carbocycles. The summed E-state index contributed by atoms with van der Waals surface area (Å²) >= 11 is 1.45. The Morgan fingerprint density at radius 2 is 2.26 bits per heavy atom. The lowest BCUT2D eigenvalue weighted by Gasteiger charge is -2.31. The molecule has 0 bridgehead atoms. The number of rotatable bonds is 4. The molecule has 1 saturated heterocycles. The number of fused-ring (bicyclic) bond motifs is 1. The Balaban J connectivity index is 1.42. The Hall–Kier alpha value is -2.58. The van der Waals surface area contributed by atoms with Crippen molar-refractivity contribution >= 4 is 28.0 Å². The minimum atomic E-state index is -0.0902. The number of carbonyl (C=O) groups excluding carboxylic acids is 1. The van der Waals surface area contributed by atoms with Crippen LogP contribution >= 0.6 is 11.3 Å². The number of aromatic nitrogens is 3. The molecule has 1 N–H and O–H groups in total. The van der Waals surface area contributed by atoms with Gasteiger partial charge in [0.1, 0.15) is 5.82 Å². The molecule has 0 aliphatic carbocycles. The number of pyridine rings is 1. The molecule has 3 aromatic rings. The molecule has 1 fully saturated rings. The van der Waals surface area contributed by atoms with Gasteiger partial charge in [-0.05, 0) is 38.4 Å². The van der Waals surface area contributed by atoms with Crippen molar-refractivity contribution in [2.24, 2.45) is 5.92 Å². The minimum Gasteiger partial charge on any atom is -0.310 e. The van der Waals surface area contributed by atoms with E-state index in [0.29, 0.717) is 23.9 Å². The molecule has 1 aliphatic rings. The predicted molar refractivity (Wildman–Crippen MR) is 105 cm³/mol. The second-order valence-corrected chi connectivity index (χ2v) is 7.74. The molecular formula is C19H21N5O2S. The number of likely N-dealkylation sites (tertiary alicyclic amines) is 1. The number of hydrogen-bond acceptors (Lipinski definition) is 6. The number of thiazole rings is 1. The van der Waals surface area contributed by atoms with Gasteiger partial charge in [0.2, 0.25) is 5.91 Å². The van der Waals surface area contributed by atoms with E-state index in [1.165, 1.54) is 11.3 Å². The van der Waals surface area contributed by atoms with Crippen LogP contribution in [-0.4, -0.2) is 38.3 Å². The smallest absolute Gasteiger partial charge is 0.258 e. The van der Waals surface area contributed by atoms with Crippen LogP contribution in [0.3, 0.4) is 0 Å². The van der Waals surface area contributed by atoms with Crippen molar-refractivity contribution in [2.75, 3.05) is 18.4 Å². The molecule has 1 amide bonds. The molecule has 8 heteroatoms. The van der Waals surface area contributed by atoms with Crippen LogP contribution in [0.4, 0.5) is 5.82 Å². The number of piperidine rings is 1. The average Bonchev–Trinajstić information content (AvgIpc) is 3.11. The van der Waals surface area contributed by atoms with Gasteiger partial charge in [0.05, 0.1) is 11.6 Å². The summed E-state index contributed by atoms with van der Waals surface area (Å²) in [7, 11) is 0. The van der Waals surface area contributed by atoms with Crippen LogP contribution in [-0.2, 0) is 11.3 Å². The summed E-state index contributed by atoms with van der Waals surface area (Å²) < 4.78 is 1.55. The van der Waals surface area contributed by atoms with Gasteiger partial charge in [-0.15, -0.1) is 11.3 Å². The molecule has 0 spiro atoms. The van der Waals surface area contributed by atoms with Crippen molar-refractivity contribution in [3.63, 3.8) is 0 Å². The Kier molecular flexibility index (Phi) is 5.00. The van der Waals surface area contributed by atoms with E-state index < -0.39 is 0 Å². The number of hydrogen-bond donors (Lipinski definition) is 1. The maximum Gasteiger partial charge on any atom is 0.258 e. The second-order valence-electron chi connectivity index (χ2n) is 6.87. The highest BCUT2D eigenvalue weighted by Crippen LogP contribution is 2.20. The number of amides is 1. The minimum absolute atomic E-state index is 0.000428. The summed E-state index contributed by atoms with van der Waals surface area (Å²) in [6.45, 7) is 4.04. The van der Waals surface area contributed by atoms with E-state index >= 15 is 0 Å². The van der Waals surface area contributed by atoms with E-state index in [9.17, 15) is 9.59 Å². The summed E-state index contributed by atoms with van der Waals surface area (Å²) in [5.41, 5.74) is 1.57. The maximum atomic E-state index is 12.6. The molecule has 4 rings (SSSR count). The Bertz CT molecular complexity index is 1030. The highest BCUT2D eigenvalue weighted by atomic mass is 32.1. The SMILES string of the molecule is Cc1cccc(NC(=O)[C@@H]2CCCN(Cc3cc(=O)n4ccsc4n3)C2)n1. The topological polar surface area (TPSA) is 79.6 Å². The van der Waals surface area contributed by atoms with E-state index in [2.05, 4.69) is 20.2 Å². The third-order valence-electron chi connectivity index (χ3n) is 4.76. The van der Waals surface area contributed by atoms with Crippen LogP contribution < -0.4 is 10.9 Å². The van der Waals surface area contributed by atoms with Gasteiger partial charge in [-0.1, -0.05) is 6.07 Å². The zero-order valence-corrected chi connectivity index (χ0v) is 15.9. The summed E-state index contributed by atoms with van der Waals surface area (Å²) in [6, 6.07) is 7.17. The zero-order valence-electron chi connectivity index (χ0n) is 15.1. The number of anilines is 1. The summed E-state index contributed by atoms with van der Waals surface area (Å²) in [5.74, 6) is 0.502. The van der Waals surface area contributed by atoms with Crippen LogP contribution in [0.1, 0.15) is 24.2 Å². The zero-order chi connectivity index (χ0) is 18.8. The number of aryl methyl sites for hydroxylation is 1. The highest BCUT2D eigenvalue weighted by molar-refractivity contribution is 7.15. The van der Waals surface area contributed by atoms with Crippen LogP contribution in [0.15, 0.2) is 40.6 Å². The van der Waals surface area contributed by atoms with Crippen LogP contribution in [0.5, 0.6) is 0 Å². The fraction of sp³-hybridized carbons (Fsp3) is 0.368. The lowest BCUT2D eigenvalue weighted by atomic mass is 9.97. The molecule has 0 radical (unpaired) electrons. The maximum absolute atomic E-state index is 12.6. The van der Waals surface area contributed by atoms with Gasteiger partial charge in [-0.3, -0.25) is 18.9 Å². The molecule has 1 atom stereocenters. The lowest BCUT2D eigenvalue weighted by Crippen LogP contribution is -2.40. The normalized spacial score (nSPS) is 17.9. The van der Waals surface area contributed by atoms with E-state index in [1.54, 1.807) is 22.7 Å². The summed E-state index contributed by atoms with van der Waals surface area (Å²) in [5, 5.41) is 4.78. The van der Waals surface area contributed by atoms with Crippen molar-refractivity contribution < 1.29 is 4.79 Å². The van der Waals surface area contributed by atoms with Crippen molar-refractivity contribution in [2.45, 2.75) is 26.3 Å². The van der Waals surface area contributed by atoms with Crippen molar-refractivity contribution in [1.29, 1.82) is 0 Å². The molecule has 7 nitrogen and oxygen atoms in total. The number of nitrogens with one attached hydrogen (secondary N) is 1. The van der Waals surface area contributed by atoms with Crippen LogP contribution in [0.2, 0.25) is 0 Å². The molecule has 4 heterocycles. The van der Waals surface area contributed by atoms with E-state index in [-0.39, 0.29) is 17.4 Å². The van der Waals surface area contributed by atoms with Crippen LogP contribution in [0.25, 0.3) is 4.96 Å². The van der Waals surface area contributed by atoms with E-state index in [4.69, 9.17) is 0 Å². The van der Waals surface area contributed by atoms with Crippen molar-refractivity contribution in [3.05, 3.63) is 57.6 Å². The summed E-state index contributed by atoms with van der Waals surface area (Å²) in [6.07, 6.45) is 3.54. The van der Waals surface area contributed by atoms with Gasteiger partial charge in [-0.25, -0.2) is 9.97 Å². The van der Waals surface area contributed by atoms with Gasteiger partial charge in [-0.2, -0.15) is 0 Å². The van der Waals surface area contributed by atoms with Gasteiger partial charge in [0, 0.05) is 36.4 Å². The molecular weight excluding hydrogens is 362 g/mol. The quantitative estimate of drug-likeness (QED) is 0.748. The molecule has 140 valence electrons. The Morgan fingerprint density at radius 3 is 3.11 bits per heavy atom. The van der Waals surface area contributed by atoms with Gasteiger partial charge in [0.15, 0.2) is 4.96 Å². The van der Waals surface area contributed by atoms with Gasteiger partial charge in [0.25, 0.3) is 5.56 Å². The molecule has 0 saturated carbocycles. The first-order valence-corrected chi connectivity index (χ1v) is 9.89. The van der Waals surface area contributed by atoms with E-state index in [1.807, 2.05) is 24.4 Å². The third kappa shape index (κ3) is 4.06. The monoisotopic (exact) mass is 383 g/mol. The lowest BCUT2D eigenvalue weighted by molar-refractivity contribution is -0.121. The first kappa shape index (κ1) is 17.8. The Labute approximate surface area is 160 Å². The summed E-state index contributed by atoms with van der Waals surface area (Å²) in [4.78, 5) is 36.6. The largest absolute Gasteiger partial charge is 0.310 e. The number of carbonyl (C=O) groups is 1. The number of nitrogens with zero attached hydrogens (tertiary/aromatic N) is 4. The fourth-order valence-corrected chi connectivity index (χ4v) is 4.19. The first-order valence-electron chi connectivity index (χ1n) is 9.01. The van der Waals surface area contributed by atoms with Gasteiger partial charge >= 0.3 is 0 Å².